The van der Waals surface area contributed by atoms with Crippen LogP contribution >= 0.6 is 0 Å². The molecule has 2 rings (SSSR count). The molecule has 1 aromatic heterocycles. The van der Waals surface area contributed by atoms with Crippen LogP contribution in [0.3, 0.4) is 0 Å². The Morgan fingerprint density at radius 1 is 1.30 bits per heavy atom. The fourth-order valence-corrected chi connectivity index (χ4v) is 1.93. The van der Waals surface area contributed by atoms with Crippen LogP contribution in [0, 0.1) is 6.92 Å². The lowest BCUT2D eigenvalue weighted by atomic mass is 10.1. The van der Waals surface area contributed by atoms with Gasteiger partial charge in [0.2, 0.25) is 0 Å². The number of halogens is 3. The number of hydrogen-bond acceptors (Lipinski definition) is 2. The van der Waals surface area contributed by atoms with Crippen molar-refractivity contribution in [2.75, 3.05) is 5.32 Å². The van der Waals surface area contributed by atoms with E-state index in [0.717, 1.165) is 23.3 Å². The maximum Gasteiger partial charge on any atom is 0.416 e. The molecule has 1 N–H and O–H groups in total. The van der Waals surface area contributed by atoms with Gasteiger partial charge >= 0.3 is 6.18 Å². The zero-order valence-corrected chi connectivity index (χ0v) is 11.5. The van der Waals surface area contributed by atoms with Gasteiger partial charge in [-0.15, -0.1) is 0 Å². The van der Waals surface area contributed by atoms with Crippen molar-refractivity contribution in [2.45, 2.75) is 26.1 Å². The maximum atomic E-state index is 12.7. The molecule has 0 amide bonds. The van der Waals surface area contributed by atoms with Crippen LogP contribution in [0.5, 0.6) is 0 Å². The fourth-order valence-electron chi connectivity index (χ4n) is 1.93. The molecule has 3 nitrogen and oxygen atoms in total. The Bertz CT molecular complexity index is 602. The van der Waals surface area contributed by atoms with Crippen molar-refractivity contribution < 1.29 is 13.2 Å². The van der Waals surface area contributed by atoms with E-state index < -0.39 is 11.7 Å². The minimum atomic E-state index is -4.33. The lowest BCUT2D eigenvalue weighted by Crippen LogP contribution is -2.10. The number of benzene rings is 1. The summed E-state index contributed by atoms with van der Waals surface area (Å²) in [6.07, 6.45) is -0.803. The van der Waals surface area contributed by atoms with Crippen LogP contribution < -0.4 is 5.32 Å². The molecule has 2 aromatic rings. The van der Waals surface area contributed by atoms with Gasteiger partial charge in [-0.2, -0.15) is 18.3 Å². The van der Waals surface area contributed by atoms with Crippen LogP contribution in [-0.2, 0) is 13.2 Å². The van der Waals surface area contributed by atoms with E-state index in [1.54, 1.807) is 24.9 Å². The van der Waals surface area contributed by atoms with E-state index in [1.165, 1.54) is 6.07 Å². The predicted octanol–water partition coefficient (Wildman–Crippen LogP) is 3.92. The molecule has 20 heavy (non-hydrogen) atoms. The van der Waals surface area contributed by atoms with Crippen LogP contribution in [0.1, 0.15) is 29.7 Å². The summed E-state index contributed by atoms with van der Waals surface area (Å²) in [7, 11) is 1.80. The van der Waals surface area contributed by atoms with Gasteiger partial charge in [0.1, 0.15) is 0 Å². The smallest absolute Gasteiger partial charge is 0.378 e. The molecular weight excluding hydrogens is 267 g/mol. The van der Waals surface area contributed by atoms with E-state index >= 15 is 0 Å². The maximum absolute atomic E-state index is 12.7. The van der Waals surface area contributed by atoms with Gasteiger partial charge < -0.3 is 5.32 Å². The number of anilines is 1. The van der Waals surface area contributed by atoms with Gasteiger partial charge in [0.25, 0.3) is 0 Å². The van der Waals surface area contributed by atoms with E-state index in [0.29, 0.717) is 5.69 Å². The second-order valence-corrected chi connectivity index (χ2v) is 4.84. The standard InChI is InChI=1S/C14H16F3N3/c1-9-4-5-12(14(15,16)17)6-13(9)19-10(2)11-7-18-20(3)8-11/h4-8,10,19H,1-3H3. The monoisotopic (exact) mass is 283 g/mol. The topological polar surface area (TPSA) is 29.9 Å². The van der Waals surface area contributed by atoms with Crippen molar-refractivity contribution in [1.82, 2.24) is 9.78 Å². The minimum Gasteiger partial charge on any atom is -0.378 e. The van der Waals surface area contributed by atoms with Crippen molar-refractivity contribution in [3.8, 4) is 0 Å². The average molecular weight is 283 g/mol. The van der Waals surface area contributed by atoms with E-state index in [-0.39, 0.29) is 6.04 Å². The van der Waals surface area contributed by atoms with E-state index in [2.05, 4.69) is 10.4 Å². The van der Waals surface area contributed by atoms with E-state index in [4.69, 9.17) is 0 Å². The molecule has 0 saturated carbocycles. The van der Waals surface area contributed by atoms with Crippen molar-refractivity contribution in [3.05, 3.63) is 47.3 Å². The third-order valence-corrected chi connectivity index (χ3v) is 3.16. The summed E-state index contributed by atoms with van der Waals surface area (Å²) < 4.78 is 39.8. The van der Waals surface area contributed by atoms with E-state index in [9.17, 15) is 13.2 Å². The molecule has 0 spiro atoms. The average Bonchev–Trinajstić information content (AvgIpc) is 2.77. The van der Waals surface area contributed by atoms with Crippen LogP contribution in [0.15, 0.2) is 30.6 Å². The fraction of sp³-hybridized carbons (Fsp3) is 0.357. The molecule has 0 radical (unpaired) electrons. The predicted molar refractivity (Wildman–Crippen MR) is 71.4 cm³/mol. The number of aromatic nitrogens is 2. The molecule has 0 aliphatic rings. The lowest BCUT2D eigenvalue weighted by molar-refractivity contribution is -0.137. The first kappa shape index (κ1) is 14.4. The first-order chi connectivity index (χ1) is 9.27. The first-order valence-corrected chi connectivity index (χ1v) is 6.20. The van der Waals surface area contributed by atoms with Gasteiger partial charge in [-0.3, -0.25) is 4.68 Å². The summed E-state index contributed by atoms with van der Waals surface area (Å²) >= 11 is 0. The zero-order valence-electron chi connectivity index (χ0n) is 11.5. The normalized spacial score (nSPS) is 13.3. The SMILES string of the molecule is Cc1ccc(C(F)(F)F)cc1NC(C)c1cnn(C)c1. The highest BCUT2D eigenvalue weighted by Crippen LogP contribution is 2.33. The highest BCUT2D eigenvalue weighted by atomic mass is 19.4. The Balaban J connectivity index is 2.24. The van der Waals surface area contributed by atoms with Crippen molar-refractivity contribution in [2.24, 2.45) is 7.05 Å². The lowest BCUT2D eigenvalue weighted by Gasteiger charge is -2.17. The highest BCUT2D eigenvalue weighted by molar-refractivity contribution is 5.54. The molecule has 1 unspecified atom stereocenters. The number of nitrogens with one attached hydrogen (secondary N) is 1. The zero-order chi connectivity index (χ0) is 14.9. The number of alkyl halides is 3. The second kappa shape index (κ2) is 5.19. The Labute approximate surface area is 115 Å². The van der Waals surface area contributed by atoms with E-state index in [1.807, 2.05) is 13.1 Å². The molecule has 0 aliphatic heterocycles. The van der Waals surface area contributed by atoms with Crippen molar-refractivity contribution in [3.63, 3.8) is 0 Å². The quantitative estimate of drug-likeness (QED) is 0.925. The summed E-state index contributed by atoms with van der Waals surface area (Å²) in [5.41, 5.74) is 1.53. The molecule has 0 bridgehead atoms. The van der Waals surface area contributed by atoms with Gasteiger partial charge in [0, 0.05) is 24.5 Å². The molecule has 1 heterocycles. The van der Waals surface area contributed by atoms with Crippen molar-refractivity contribution in [1.29, 1.82) is 0 Å². The second-order valence-electron chi connectivity index (χ2n) is 4.84. The molecule has 1 aromatic carbocycles. The van der Waals surface area contributed by atoms with Gasteiger partial charge in [-0.25, -0.2) is 0 Å². The Hall–Kier alpha value is -1.98. The molecule has 108 valence electrons. The summed E-state index contributed by atoms with van der Waals surface area (Å²) in [5.74, 6) is 0. The van der Waals surface area contributed by atoms with Gasteiger partial charge in [-0.05, 0) is 31.5 Å². The Morgan fingerprint density at radius 2 is 2.00 bits per heavy atom. The summed E-state index contributed by atoms with van der Waals surface area (Å²) in [4.78, 5) is 0. The molecule has 0 fully saturated rings. The molecule has 6 heteroatoms. The summed E-state index contributed by atoms with van der Waals surface area (Å²) in [5, 5.41) is 7.15. The molecule has 0 saturated heterocycles. The summed E-state index contributed by atoms with van der Waals surface area (Å²) in [6, 6.07) is 3.59. The van der Waals surface area contributed by atoms with Gasteiger partial charge in [0.15, 0.2) is 0 Å². The third kappa shape index (κ3) is 3.12. The summed E-state index contributed by atoms with van der Waals surface area (Å²) in [6.45, 7) is 3.66. The molecular formula is C14H16F3N3. The molecule has 1 atom stereocenters. The van der Waals surface area contributed by atoms with Crippen molar-refractivity contribution >= 4 is 5.69 Å². The number of aryl methyl sites for hydroxylation is 2. The minimum absolute atomic E-state index is 0.120. The van der Waals surface area contributed by atoms with Crippen LogP contribution in [0.2, 0.25) is 0 Å². The number of rotatable bonds is 3. The largest absolute Gasteiger partial charge is 0.416 e. The van der Waals surface area contributed by atoms with Crippen LogP contribution in [0.4, 0.5) is 18.9 Å². The first-order valence-electron chi connectivity index (χ1n) is 6.20. The third-order valence-electron chi connectivity index (χ3n) is 3.16. The number of nitrogens with zero attached hydrogens (tertiary/aromatic N) is 2. The Morgan fingerprint density at radius 3 is 2.55 bits per heavy atom. The van der Waals surface area contributed by atoms with Crippen LogP contribution in [-0.4, -0.2) is 9.78 Å². The van der Waals surface area contributed by atoms with Crippen LogP contribution in [0.25, 0.3) is 0 Å². The highest BCUT2D eigenvalue weighted by Gasteiger charge is 2.30. The van der Waals surface area contributed by atoms with Gasteiger partial charge in [-0.1, -0.05) is 6.07 Å². The van der Waals surface area contributed by atoms with Gasteiger partial charge in [0.05, 0.1) is 17.8 Å². The Kier molecular flexibility index (Phi) is 3.74. The number of hydrogen-bond donors (Lipinski definition) is 1. The molecule has 0 aliphatic carbocycles.